The molecule has 296 valence electrons. The van der Waals surface area contributed by atoms with E-state index in [1.807, 2.05) is 36.4 Å². The number of imide groups is 1. The van der Waals surface area contributed by atoms with E-state index < -0.39 is 6.04 Å². The molecule has 57 heavy (non-hydrogen) atoms. The monoisotopic (exact) mass is 770 g/mol. The molecule has 0 bridgehead atoms. The lowest BCUT2D eigenvalue weighted by Crippen LogP contribution is -2.66. The standard InChI is InChI=1S/C45H50N6O6/c1-30(46-4)39(7-5-22-52)51-40(53)37-17-12-33(23-38(37)41(51)54)49-45(19-6-20-45)29-57-36-15-10-32(11-16-36)43(2,3)31-8-13-35(14-9-31)56-24-34-18-21-47-42(48-34)50-25-44(26-50)27-55-28-44/h8-18,21-23,39,46,49H,1,5-7,19-20,24-29H2,2-4H3. The van der Waals surface area contributed by atoms with Crippen LogP contribution in [0.1, 0.15) is 83.5 Å². The number of rotatable bonds is 17. The third-order valence-electron chi connectivity index (χ3n) is 12.1. The second-order valence-corrected chi connectivity index (χ2v) is 16.5. The number of hydrogen-bond acceptors (Lipinski definition) is 11. The van der Waals surface area contributed by atoms with E-state index in [1.54, 1.807) is 25.4 Å². The molecule has 3 fully saturated rings. The van der Waals surface area contributed by atoms with Gasteiger partial charge in [-0.15, -0.1) is 0 Å². The summed E-state index contributed by atoms with van der Waals surface area (Å²) in [5.74, 6) is 1.55. The lowest BCUT2D eigenvalue weighted by atomic mass is 9.77. The van der Waals surface area contributed by atoms with E-state index in [0.717, 1.165) is 86.2 Å². The average Bonchev–Trinajstić information content (AvgIpc) is 3.42. The van der Waals surface area contributed by atoms with Crippen molar-refractivity contribution in [3.8, 4) is 11.5 Å². The molecular weight excluding hydrogens is 721 g/mol. The molecule has 12 heteroatoms. The fourth-order valence-electron chi connectivity index (χ4n) is 8.26. The highest BCUT2D eigenvalue weighted by molar-refractivity contribution is 6.22. The number of aromatic nitrogens is 2. The predicted octanol–water partition coefficient (Wildman–Crippen LogP) is 6.31. The zero-order valence-electron chi connectivity index (χ0n) is 32.9. The number of hydrogen-bond donors (Lipinski definition) is 2. The number of nitrogens with zero attached hydrogens (tertiary/aromatic N) is 4. The van der Waals surface area contributed by atoms with Gasteiger partial charge in [0, 0.05) is 49.6 Å². The highest BCUT2D eigenvalue weighted by atomic mass is 16.5. The van der Waals surface area contributed by atoms with Crippen LogP contribution in [0.25, 0.3) is 0 Å². The molecule has 8 rings (SSSR count). The summed E-state index contributed by atoms with van der Waals surface area (Å²) in [5.41, 5.74) is 4.88. The first kappa shape index (κ1) is 38.1. The Hall–Kier alpha value is -5.75. The van der Waals surface area contributed by atoms with E-state index in [9.17, 15) is 14.4 Å². The van der Waals surface area contributed by atoms with Crippen LogP contribution in [0.15, 0.2) is 91.3 Å². The molecule has 2 amide bonds. The first-order chi connectivity index (χ1) is 27.5. The van der Waals surface area contributed by atoms with Crippen molar-refractivity contribution < 1.29 is 28.6 Å². The fourth-order valence-corrected chi connectivity index (χ4v) is 8.26. The minimum absolute atomic E-state index is 0.211. The fraction of sp³-hybridized carbons (Fsp3) is 0.400. The molecule has 4 heterocycles. The summed E-state index contributed by atoms with van der Waals surface area (Å²) in [7, 11) is 1.69. The Bertz CT molecular complexity index is 2150. The SMILES string of the molecule is C=C(NC)C(CCC=O)N1C(=O)c2ccc(NC3(COc4ccc(C(C)(C)c5ccc(OCc6ccnc(N7CC8(COC8)C7)n6)cc5)cc4)CCC3)cc2C1=O. The van der Waals surface area contributed by atoms with Crippen LogP contribution in [0.4, 0.5) is 11.6 Å². The smallest absolute Gasteiger partial charge is 0.262 e. The summed E-state index contributed by atoms with van der Waals surface area (Å²) < 4.78 is 17.9. The van der Waals surface area contributed by atoms with Crippen LogP contribution in [-0.4, -0.2) is 84.5 Å². The van der Waals surface area contributed by atoms with Crippen LogP contribution in [0.3, 0.4) is 0 Å². The minimum atomic E-state index is -0.616. The maximum absolute atomic E-state index is 13.6. The number of amides is 2. The van der Waals surface area contributed by atoms with Crippen molar-refractivity contribution in [2.24, 2.45) is 5.41 Å². The number of carbonyl (C=O) groups excluding carboxylic acids is 3. The topological polar surface area (TPSA) is 135 Å². The van der Waals surface area contributed by atoms with Crippen molar-refractivity contribution in [2.45, 2.75) is 69.6 Å². The zero-order valence-corrected chi connectivity index (χ0v) is 32.9. The number of anilines is 2. The Labute approximate surface area is 333 Å². The highest BCUT2D eigenvalue weighted by Gasteiger charge is 2.50. The number of fused-ring (bicyclic) bond motifs is 1. The largest absolute Gasteiger partial charge is 0.491 e. The van der Waals surface area contributed by atoms with Gasteiger partial charge in [0.05, 0.1) is 47.0 Å². The minimum Gasteiger partial charge on any atom is -0.491 e. The first-order valence-electron chi connectivity index (χ1n) is 19.7. The van der Waals surface area contributed by atoms with Crippen LogP contribution in [-0.2, 0) is 21.6 Å². The number of aldehydes is 1. The first-order valence-corrected chi connectivity index (χ1v) is 19.7. The lowest BCUT2D eigenvalue weighted by Gasteiger charge is -2.54. The van der Waals surface area contributed by atoms with Crippen molar-refractivity contribution in [2.75, 3.05) is 50.2 Å². The molecular formula is C45H50N6O6. The molecule has 0 radical (unpaired) electrons. The lowest BCUT2D eigenvalue weighted by molar-refractivity contribution is -0.127. The van der Waals surface area contributed by atoms with Crippen molar-refractivity contribution in [3.05, 3.63) is 119 Å². The van der Waals surface area contributed by atoms with Gasteiger partial charge >= 0.3 is 0 Å². The number of likely N-dealkylation sites (N-methyl/N-ethyl adjacent to an activating group) is 1. The summed E-state index contributed by atoms with van der Waals surface area (Å²) in [6, 6.07) is 23.1. The van der Waals surface area contributed by atoms with Gasteiger partial charge in [0.2, 0.25) is 5.95 Å². The normalized spacial score (nSPS) is 18.2. The van der Waals surface area contributed by atoms with Crippen molar-refractivity contribution in [1.82, 2.24) is 20.2 Å². The number of benzene rings is 3. The maximum atomic E-state index is 13.6. The Kier molecular flexibility index (Phi) is 10.2. The molecule has 1 spiro atoms. The summed E-state index contributed by atoms with van der Waals surface area (Å²) in [6.45, 7) is 12.8. The molecule has 3 aliphatic heterocycles. The number of carbonyl (C=O) groups is 3. The Balaban J connectivity index is 0.858. The second kappa shape index (κ2) is 15.3. The predicted molar refractivity (Wildman–Crippen MR) is 217 cm³/mol. The number of nitrogens with one attached hydrogen (secondary N) is 2. The van der Waals surface area contributed by atoms with Crippen LogP contribution in [0.5, 0.6) is 11.5 Å². The van der Waals surface area contributed by atoms with Crippen molar-refractivity contribution >= 4 is 29.7 Å². The zero-order chi connectivity index (χ0) is 39.8. The Morgan fingerprint density at radius 3 is 2.21 bits per heavy atom. The van der Waals surface area contributed by atoms with Gasteiger partial charge in [-0.3, -0.25) is 14.5 Å². The highest BCUT2D eigenvalue weighted by Crippen LogP contribution is 2.40. The molecule has 2 saturated heterocycles. The Morgan fingerprint density at radius 1 is 0.947 bits per heavy atom. The Morgan fingerprint density at radius 2 is 1.61 bits per heavy atom. The molecule has 3 aromatic carbocycles. The van der Waals surface area contributed by atoms with E-state index >= 15 is 0 Å². The molecule has 1 unspecified atom stereocenters. The summed E-state index contributed by atoms with van der Waals surface area (Å²) >= 11 is 0. The maximum Gasteiger partial charge on any atom is 0.262 e. The summed E-state index contributed by atoms with van der Waals surface area (Å²) in [4.78, 5) is 50.6. The van der Waals surface area contributed by atoms with Gasteiger partial charge in [0.1, 0.15) is 31.0 Å². The molecule has 1 atom stereocenters. The van der Waals surface area contributed by atoms with Gasteiger partial charge in [-0.05, 0) is 85.3 Å². The van der Waals surface area contributed by atoms with Gasteiger partial charge < -0.3 is 34.5 Å². The van der Waals surface area contributed by atoms with Crippen LogP contribution in [0, 0.1) is 5.41 Å². The molecule has 1 aliphatic carbocycles. The molecule has 12 nitrogen and oxygen atoms in total. The van der Waals surface area contributed by atoms with Crippen molar-refractivity contribution in [1.29, 1.82) is 0 Å². The average molecular weight is 771 g/mol. The van der Waals surface area contributed by atoms with E-state index in [4.69, 9.17) is 19.2 Å². The van der Waals surface area contributed by atoms with Gasteiger partial charge in [0.25, 0.3) is 11.8 Å². The summed E-state index contributed by atoms with van der Waals surface area (Å²) in [5, 5.41) is 6.58. The third kappa shape index (κ3) is 7.46. The summed E-state index contributed by atoms with van der Waals surface area (Å²) in [6.07, 6.45) is 6.00. The van der Waals surface area contributed by atoms with Crippen LogP contribution < -0.4 is 25.0 Å². The molecule has 4 aromatic rings. The van der Waals surface area contributed by atoms with E-state index in [0.29, 0.717) is 41.9 Å². The van der Waals surface area contributed by atoms with E-state index in [-0.39, 0.29) is 29.2 Å². The van der Waals surface area contributed by atoms with E-state index in [2.05, 4.69) is 65.2 Å². The van der Waals surface area contributed by atoms with Gasteiger partial charge in [-0.1, -0.05) is 44.7 Å². The van der Waals surface area contributed by atoms with Crippen LogP contribution in [0.2, 0.25) is 0 Å². The third-order valence-corrected chi connectivity index (χ3v) is 12.1. The number of ether oxygens (including phenoxy) is 3. The quantitative estimate of drug-likeness (QED) is 0.0925. The van der Waals surface area contributed by atoms with E-state index in [1.165, 1.54) is 10.5 Å². The molecule has 2 N–H and O–H groups in total. The van der Waals surface area contributed by atoms with Crippen molar-refractivity contribution in [3.63, 3.8) is 0 Å². The van der Waals surface area contributed by atoms with Crippen LogP contribution >= 0.6 is 0 Å². The van der Waals surface area contributed by atoms with Gasteiger partial charge in [0.15, 0.2) is 0 Å². The van der Waals surface area contributed by atoms with Gasteiger partial charge in [-0.25, -0.2) is 9.97 Å². The molecule has 1 saturated carbocycles. The van der Waals surface area contributed by atoms with Gasteiger partial charge in [-0.2, -0.15) is 0 Å². The molecule has 1 aromatic heterocycles. The second-order valence-electron chi connectivity index (χ2n) is 16.5. The molecule has 4 aliphatic rings.